The first kappa shape index (κ1) is 21.3. The Balaban J connectivity index is 0.00000261. The summed E-state index contributed by atoms with van der Waals surface area (Å²) in [7, 11) is 1.80. The Labute approximate surface area is 177 Å². The van der Waals surface area contributed by atoms with E-state index in [1.807, 2.05) is 4.90 Å². The molecule has 146 valence electrons. The summed E-state index contributed by atoms with van der Waals surface area (Å²) in [5.74, 6) is 1.23. The van der Waals surface area contributed by atoms with Crippen molar-refractivity contribution in [3.63, 3.8) is 0 Å². The van der Waals surface area contributed by atoms with Gasteiger partial charge in [-0.05, 0) is 29.7 Å². The average Bonchev–Trinajstić information content (AvgIpc) is 3.23. The maximum Gasteiger partial charge on any atom is 0.289 e. The summed E-state index contributed by atoms with van der Waals surface area (Å²) in [6, 6.07) is 11.9. The van der Waals surface area contributed by atoms with Gasteiger partial charge in [-0.1, -0.05) is 31.2 Å². The van der Waals surface area contributed by atoms with Gasteiger partial charge in [-0.25, -0.2) is 0 Å². The van der Waals surface area contributed by atoms with Crippen molar-refractivity contribution in [3.8, 4) is 0 Å². The molecule has 27 heavy (non-hydrogen) atoms. The van der Waals surface area contributed by atoms with Crippen LogP contribution in [0.2, 0.25) is 0 Å². The summed E-state index contributed by atoms with van der Waals surface area (Å²) in [4.78, 5) is 20.8. The maximum atomic E-state index is 12.4. The SMILES string of the molecule is CCc1ccccc1CNC(=NC)N1CCN(C(=O)c2ccco2)CC1.I. The Kier molecular flexibility index (Phi) is 8.15. The van der Waals surface area contributed by atoms with Gasteiger partial charge in [0.15, 0.2) is 11.7 Å². The van der Waals surface area contributed by atoms with E-state index in [1.165, 1.54) is 17.4 Å². The molecule has 1 N–H and O–H groups in total. The van der Waals surface area contributed by atoms with Crippen LogP contribution in [0.25, 0.3) is 0 Å². The highest BCUT2D eigenvalue weighted by atomic mass is 127. The van der Waals surface area contributed by atoms with Crippen LogP contribution >= 0.6 is 24.0 Å². The quantitative estimate of drug-likeness (QED) is 0.414. The molecule has 1 aliphatic rings. The van der Waals surface area contributed by atoms with Gasteiger partial charge in [0.2, 0.25) is 0 Å². The Morgan fingerprint density at radius 2 is 1.74 bits per heavy atom. The number of halogens is 1. The lowest BCUT2D eigenvalue weighted by Gasteiger charge is -2.36. The molecule has 0 spiro atoms. The first-order valence-corrected chi connectivity index (χ1v) is 9.08. The van der Waals surface area contributed by atoms with E-state index in [2.05, 4.69) is 46.4 Å². The molecule has 1 fully saturated rings. The number of piperazine rings is 1. The molecule has 1 saturated heterocycles. The van der Waals surface area contributed by atoms with Crippen LogP contribution in [0, 0.1) is 0 Å². The predicted octanol–water partition coefficient (Wildman–Crippen LogP) is 2.99. The number of amides is 1. The summed E-state index contributed by atoms with van der Waals surface area (Å²) < 4.78 is 5.21. The zero-order valence-corrected chi connectivity index (χ0v) is 18.2. The average molecular weight is 482 g/mol. The summed E-state index contributed by atoms with van der Waals surface area (Å²) in [6.07, 6.45) is 2.55. The van der Waals surface area contributed by atoms with Crippen LogP contribution in [-0.4, -0.2) is 54.9 Å². The maximum absolute atomic E-state index is 12.4. The molecule has 2 aromatic rings. The number of carbonyl (C=O) groups is 1. The number of benzene rings is 1. The van der Waals surface area contributed by atoms with Crippen molar-refractivity contribution in [2.75, 3.05) is 33.2 Å². The van der Waals surface area contributed by atoms with E-state index in [4.69, 9.17) is 4.42 Å². The topological polar surface area (TPSA) is 61.1 Å². The van der Waals surface area contributed by atoms with Gasteiger partial charge in [0.05, 0.1) is 6.26 Å². The highest BCUT2D eigenvalue weighted by Gasteiger charge is 2.25. The molecule has 6 nitrogen and oxygen atoms in total. The van der Waals surface area contributed by atoms with Crippen LogP contribution in [0.4, 0.5) is 0 Å². The number of nitrogens with one attached hydrogen (secondary N) is 1. The Bertz CT molecular complexity index is 753. The second-order valence-electron chi connectivity index (χ2n) is 6.28. The standard InChI is InChI=1S/C20H26N4O2.HI/c1-3-16-7-4-5-8-17(16)15-22-20(21-2)24-12-10-23(11-13-24)19(25)18-9-6-14-26-18;/h4-9,14H,3,10-13,15H2,1-2H3,(H,21,22);1H. The summed E-state index contributed by atoms with van der Waals surface area (Å²) in [5, 5.41) is 3.46. The number of nitrogens with zero attached hydrogens (tertiary/aromatic N) is 3. The first-order chi connectivity index (χ1) is 12.7. The molecule has 1 amide bonds. The van der Waals surface area contributed by atoms with Crippen molar-refractivity contribution in [3.05, 3.63) is 59.5 Å². The zero-order valence-electron chi connectivity index (χ0n) is 15.9. The minimum Gasteiger partial charge on any atom is -0.459 e. The molecule has 1 aliphatic heterocycles. The lowest BCUT2D eigenvalue weighted by molar-refractivity contribution is 0.0657. The molecule has 0 aliphatic carbocycles. The van der Waals surface area contributed by atoms with Gasteiger partial charge in [-0.3, -0.25) is 9.79 Å². The number of aliphatic imine (C=N–C) groups is 1. The number of carbonyl (C=O) groups excluding carboxylic acids is 1. The number of hydrogen-bond acceptors (Lipinski definition) is 3. The van der Waals surface area contributed by atoms with Gasteiger partial charge in [-0.2, -0.15) is 0 Å². The summed E-state index contributed by atoms with van der Waals surface area (Å²) in [5.41, 5.74) is 2.65. The van der Waals surface area contributed by atoms with E-state index in [0.29, 0.717) is 18.8 Å². The molecular weight excluding hydrogens is 455 g/mol. The molecule has 0 unspecified atom stereocenters. The van der Waals surface area contributed by atoms with Crippen LogP contribution in [0.5, 0.6) is 0 Å². The Morgan fingerprint density at radius 1 is 1.07 bits per heavy atom. The molecule has 1 aromatic carbocycles. The minimum absolute atomic E-state index is 0. The van der Waals surface area contributed by atoms with E-state index in [-0.39, 0.29) is 29.9 Å². The third-order valence-corrected chi connectivity index (χ3v) is 4.75. The van der Waals surface area contributed by atoms with Crippen LogP contribution in [0.15, 0.2) is 52.1 Å². The number of guanidine groups is 1. The molecule has 0 bridgehead atoms. The smallest absolute Gasteiger partial charge is 0.289 e. The molecule has 7 heteroatoms. The zero-order chi connectivity index (χ0) is 18.4. The van der Waals surface area contributed by atoms with Crippen molar-refractivity contribution < 1.29 is 9.21 Å². The molecule has 0 saturated carbocycles. The van der Waals surface area contributed by atoms with Gasteiger partial charge in [-0.15, -0.1) is 24.0 Å². The van der Waals surface area contributed by atoms with Gasteiger partial charge < -0.3 is 19.5 Å². The fourth-order valence-corrected chi connectivity index (χ4v) is 3.26. The monoisotopic (exact) mass is 482 g/mol. The third-order valence-electron chi connectivity index (χ3n) is 4.75. The van der Waals surface area contributed by atoms with Gasteiger partial charge in [0.1, 0.15) is 0 Å². The molecule has 1 aromatic heterocycles. The van der Waals surface area contributed by atoms with Crippen molar-refractivity contribution in [1.29, 1.82) is 0 Å². The van der Waals surface area contributed by atoms with E-state index < -0.39 is 0 Å². The lowest BCUT2D eigenvalue weighted by Crippen LogP contribution is -2.53. The van der Waals surface area contributed by atoms with Crippen LogP contribution < -0.4 is 5.32 Å². The highest BCUT2D eigenvalue weighted by Crippen LogP contribution is 2.11. The van der Waals surface area contributed by atoms with E-state index in [9.17, 15) is 4.79 Å². The number of aryl methyl sites for hydroxylation is 1. The predicted molar refractivity (Wildman–Crippen MR) is 118 cm³/mol. The Hall–Kier alpha value is -2.03. The van der Waals surface area contributed by atoms with E-state index in [1.54, 1.807) is 19.2 Å². The van der Waals surface area contributed by atoms with Gasteiger partial charge in [0, 0.05) is 39.8 Å². The number of furan rings is 1. The van der Waals surface area contributed by atoms with Crippen LogP contribution in [0.1, 0.15) is 28.6 Å². The number of hydrogen-bond donors (Lipinski definition) is 1. The molecule has 2 heterocycles. The molecule has 0 atom stereocenters. The minimum atomic E-state index is -0.0468. The Morgan fingerprint density at radius 3 is 2.33 bits per heavy atom. The third kappa shape index (κ3) is 5.24. The van der Waals surface area contributed by atoms with Crippen molar-refractivity contribution >= 4 is 35.8 Å². The van der Waals surface area contributed by atoms with E-state index in [0.717, 1.165) is 32.0 Å². The number of rotatable bonds is 4. The summed E-state index contributed by atoms with van der Waals surface area (Å²) >= 11 is 0. The first-order valence-electron chi connectivity index (χ1n) is 9.08. The molecule has 0 radical (unpaired) electrons. The lowest BCUT2D eigenvalue weighted by atomic mass is 10.1. The largest absolute Gasteiger partial charge is 0.459 e. The normalized spacial score (nSPS) is 14.7. The molecule has 3 rings (SSSR count). The fourth-order valence-electron chi connectivity index (χ4n) is 3.26. The molecular formula is C20H27IN4O2. The van der Waals surface area contributed by atoms with Gasteiger partial charge in [0.25, 0.3) is 5.91 Å². The van der Waals surface area contributed by atoms with Crippen LogP contribution in [-0.2, 0) is 13.0 Å². The van der Waals surface area contributed by atoms with E-state index >= 15 is 0 Å². The van der Waals surface area contributed by atoms with Crippen molar-refractivity contribution in [1.82, 2.24) is 15.1 Å². The van der Waals surface area contributed by atoms with Gasteiger partial charge >= 0.3 is 0 Å². The summed E-state index contributed by atoms with van der Waals surface area (Å²) in [6.45, 7) is 5.74. The second kappa shape index (κ2) is 10.3. The van der Waals surface area contributed by atoms with Crippen LogP contribution in [0.3, 0.4) is 0 Å². The fraction of sp³-hybridized carbons (Fsp3) is 0.400. The van der Waals surface area contributed by atoms with Crippen molar-refractivity contribution in [2.24, 2.45) is 4.99 Å². The second-order valence-corrected chi connectivity index (χ2v) is 6.28. The highest BCUT2D eigenvalue weighted by molar-refractivity contribution is 14.0. The van der Waals surface area contributed by atoms with Crippen molar-refractivity contribution in [2.45, 2.75) is 19.9 Å².